The number of hydrogen-bond acceptors (Lipinski definition) is 2. The average molecular weight is 229 g/mol. The summed E-state index contributed by atoms with van der Waals surface area (Å²) >= 11 is 0. The van der Waals surface area contributed by atoms with Crippen molar-refractivity contribution >= 4 is 0 Å². The molecule has 1 N–H and O–H groups in total. The van der Waals surface area contributed by atoms with Crippen LogP contribution in [-0.2, 0) is 6.54 Å². The van der Waals surface area contributed by atoms with Gasteiger partial charge in [0.1, 0.15) is 0 Å². The maximum absolute atomic E-state index is 4.17. The lowest BCUT2D eigenvalue weighted by Gasteiger charge is -2.14. The van der Waals surface area contributed by atoms with Crippen molar-refractivity contribution in [3.05, 3.63) is 53.9 Å². The van der Waals surface area contributed by atoms with E-state index in [2.05, 4.69) is 48.5 Å². The van der Waals surface area contributed by atoms with E-state index in [4.69, 9.17) is 0 Å². The van der Waals surface area contributed by atoms with Crippen LogP contribution in [0.3, 0.4) is 0 Å². The fraction of sp³-hybridized carbons (Fsp3) is 0.357. The third-order valence-corrected chi connectivity index (χ3v) is 2.93. The number of rotatable bonds is 5. The summed E-state index contributed by atoms with van der Waals surface area (Å²) in [5.41, 5.74) is 2.63. The Morgan fingerprint density at radius 1 is 1.29 bits per heavy atom. The molecule has 1 heterocycles. The molecular formula is C14H19N3. The van der Waals surface area contributed by atoms with Gasteiger partial charge in [0, 0.05) is 25.0 Å². The minimum atomic E-state index is 0.381. The van der Waals surface area contributed by atoms with Gasteiger partial charge in [-0.2, -0.15) is 5.10 Å². The Morgan fingerprint density at radius 2 is 2.06 bits per heavy atom. The maximum Gasteiger partial charge on any atom is 0.0534 e. The summed E-state index contributed by atoms with van der Waals surface area (Å²) in [6.45, 7) is 6.13. The molecule has 0 radical (unpaired) electrons. The Bertz CT molecular complexity index is 431. The zero-order valence-corrected chi connectivity index (χ0v) is 10.4. The van der Waals surface area contributed by atoms with Gasteiger partial charge in [-0.05, 0) is 25.5 Å². The molecule has 2 aromatic rings. The van der Waals surface area contributed by atoms with Crippen LogP contribution in [-0.4, -0.2) is 16.3 Å². The zero-order chi connectivity index (χ0) is 12.1. The predicted octanol–water partition coefficient (Wildman–Crippen LogP) is 2.54. The summed E-state index contributed by atoms with van der Waals surface area (Å²) in [6.07, 6.45) is 3.79. The Labute approximate surface area is 102 Å². The van der Waals surface area contributed by atoms with Crippen molar-refractivity contribution < 1.29 is 0 Å². The monoisotopic (exact) mass is 229 g/mol. The second kappa shape index (κ2) is 5.64. The van der Waals surface area contributed by atoms with Crippen molar-refractivity contribution in [2.75, 3.05) is 6.54 Å². The molecular weight excluding hydrogens is 210 g/mol. The van der Waals surface area contributed by atoms with Crippen LogP contribution in [0, 0.1) is 6.92 Å². The molecule has 0 saturated carbocycles. The number of aryl methyl sites for hydroxylation is 1. The first-order valence-corrected chi connectivity index (χ1v) is 6.03. The van der Waals surface area contributed by atoms with Crippen LogP contribution in [0.2, 0.25) is 0 Å². The predicted molar refractivity (Wildman–Crippen MR) is 69.8 cm³/mol. The van der Waals surface area contributed by atoms with Crippen molar-refractivity contribution in [1.29, 1.82) is 0 Å². The molecule has 1 aromatic heterocycles. The first-order valence-electron chi connectivity index (χ1n) is 6.03. The van der Waals surface area contributed by atoms with Gasteiger partial charge < -0.3 is 5.32 Å². The van der Waals surface area contributed by atoms with Gasteiger partial charge in [0.2, 0.25) is 0 Å². The van der Waals surface area contributed by atoms with E-state index in [1.165, 1.54) is 11.1 Å². The molecule has 0 bridgehead atoms. The topological polar surface area (TPSA) is 29.9 Å². The number of nitrogens with zero attached hydrogens (tertiary/aromatic N) is 2. The molecule has 1 aromatic carbocycles. The summed E-state index contributed by atoms with van der Waals surface area (Å²) in [5, 5.41) is 7.67. The second-order valence-electron chi connectivity index (χ2n) is 4.36. The summed E-state index contributed by atoms with van der Waals surface area (Å²) in [5.74, 6) is 0. The van der Waals surface area contributed by atoms with Crippen molar-refractivity contribution in [2.45, 2.75) is 26.4 Å². The highest BCUT2D eigenvalue weighted by Crippen LogP contribution is 2.12. The van der Waals surface area contributed by atoms with Gasteiger partial charge in [-0.15, -0.1) is 0 Å². The van der Waals surface area contributed by atoms with E-state index >= 15 is 0 Å². The molecule has 0 fully saturated rings. The molecule has 0 unspecified atom stereocenters. The lowest BCUT2D eigenvalue weighted by molar-refractivity contribution is 0.507. The fourth-order valence-corrected chi connectivity index (χ4v) is 1.80. The zero-order valence-electron chi connectivity index (χ0n) is 10.4. The quantitative estimate of drug-likeness (QED) is 0.854. The molecule has 0 aliphatic carbocycles. The molecule has 90 valence electrons. The SMILES string of the molecule is Cc1ccc([C@@H](C)NCCn2cccn2)cc1. The Balaban J connectivity index is 1.81. The lowest BCUT2D eigenvalue weighted by atomic mass is 10.1. The minimum Gasteiger partial charge on any atom is -0.308 e. The van der Waals surface area contributed by atoms with Crippen molar-refractivity contribution in [2.24, 2.45) is 0 Å². The Hall–Kier alpha value is -1.61. The summed E-state index contributed by atoms with van der Waals surface area (Å²) in [4.78, 5) is 0. The lowest BCUT2D eigenvalue weighted by Crippen LogP contribution is -2.23. The molecule has 3 nitrogen and oxygen atoms in total. The normalized spacial score (nSPS) is 12.6. The van der Waals surface area contributed by atoms with E-state index in [1.54, 1.807) is 0 Å². The van der Waals surface area contributed by atoms with Crippen LogP contribution in [0.4, 0.5) is 0 Å². The molecule has 0 amide bonds. The fourth-order valence-electron chi connectivity index (χ4n) is 1.80. The van der Waals surface area contributed by atoms with Crippen LogP contribution in [0.1, 0.15) is 24.1 Å². The molecule has 0 spiro atoms. The van der Waals surface area contributed by atoms with Gasteiger partial charge >= 0.3 is 0 Å². The van der Waals surface area contributed by atoms with Gasteiger partial charge in [0.25, 0.3) is 0 Å². The number of nitrogens with one attached hydrogen (secondary N) is 1. The van der Waals surface area contributed by atoms with Gasteiger partial charge in [0.05, 0.1) is 6.54 Å². The second-order valence-corrected chi connectivity index (χ2v) is 4.36. The first-order chi connectivity index (χ1) is 8.25. The van der Waals surface area contributed by atoms with E-state index in [-0.39, 0.29) is 0 Å². The molecule has 3 heteroatoms. The van der Waals surface area contributed by atoms with E-state index in [0.29, 0.717) is 6.04 Å². The molecule has 1 atom stereocenters. The number of hydrogen-bond donors (Lipinski definition) is 1. The van der Waals surface area contributed by atoms with Crippen molar-refractivity contribution in [3.8, 4) is 0 Å². The van der Waals surface area contributed by atoms with Gasteiger partial charge in [-0.25, -0.2) is 0 Å². The van der Waals surface area contributed by atoms with Gasteiger partial charge in [-0.3, -0.25) is 4.68 Å². The maximum atomic E-state index is 4.17. The molecule has 17 heavy (non-hydrogen) atoms. The molecule has 0 aliphatic heterocycles. The van der Waals surface area contributed by atoms with E-state index in [0.717, 1.165) is 13.1 Å². The summed E-state index contributed by atoms with van der Waals surface area (Å²) < 4.78 is 1.94. The molecule has 0 aliphatic rings. The standard InChI is InChI=1S/C14H19N3/c1-12-4-6-14(7-5-12)13(2)15-9-11-17-10-3-8-16-17/h3-8,10,13,15H,9,11H2,1-2H3/t13-/m1/s1. The largest absolute Gasteiger partial charge is 0.308 e. The van der Waals surface area contributed by atoms with Crippen molar-refractivity contribution in [1.82, 2.24) is 15.1 Å². The third kappa shape index (κ3) is 3.43. The van der Waals surface area contributed by atoms with Crippen LogP contribution in [0.5, 0.6) is 0 Å². The average Bonchev–Trinajstić information content (AvgIpc) is 2.83. The van der Waals surface area contributed by atoms with Crippen LogP contribution >= 0.6 is 0 Å². The summed E-state index contributed by atoms with van der Waals surface area (Å²) in [7, 11) is 0. The number of benzene rings is 1. The molecule has 2 rings (SSSR count). The van der Waals surface area contributed by atoms with Gasteiger partial charge in [-0.1, -0.05) is 29.8 Å². The van der Waals surface area contributed by atoms with Crippen LogP contribution < -0.4 is 5.32 Å². The Kier molecular flexibility index (Phi) is 3.94. The first kappa shape index (κ1) is 11.9. The van der Waals surface area contributed by atoms with Crippen molar-refractivity contribution in [3.63, 3.8) is 0 Å². The van der Waals surface area contributed by atoms with Crippen LogP contribution in [0.15, 0.2) is 42.7 Å². The highest BCUT2D eigenvalue weighted by atomic mass is 15.3. The van der Waals surface area contributed by atoms with Crippen LogP contribution in [0.25, 0.3) is 0 Å². The summed E-state index contributed by atoms with van der Waals surface area (Å²) in [6, 6.07) is 11.0. The van der Waals surface area contributed by atoms with E-state index < -0.39 is 0 Å². The highest BCUT2D eigenvalue weighted by Gasteiger charge is 2.03. The Morgan fingerprint density at radius 3 is 2.71 bits per heavy atom. The third-order valence-electron chi connectivity index (χ3n) is 2.93. The minimum absolute atomic E-state index is 0.381. The number of aromatic nitrogens is 2. The van der Waals surface area contributed by atoms with Gasteiger partial charge in [0.15, 0.2) is 0 Å². The van der Waals surface area contributed by atoms with E-state index in [1.807, 2.05) is 23.1 Å². The smallest absolute Gasteiger partial charge is 0.0534 e. The van der Waals surface area contributed by atoms with E-state index in [9.17, 15) is 0 Å². The molecule has 0 saturated heterocycles. The highest BCUT2D eigenvalue weighted by molar-refractivity contribution is 5.23.